The molecule has 0 amide bonds. The fraction of sp³-hybridized carbons (Fsp3) is 0.800. The van der Waals surface area contributed by atoms with E-state index in [1.807, 2.05) is 0 Å². The van der Waals surface area contributed by atoms with E-state index in [4.69, 9.17) is 4.74 Å². The van der Waals surface area contributed by atoms with Crippen LogP contribution in [-0.4, -0.2) is 18.4 Å². The second kappa shape index (κ2) is 4.40. The average Bonchev–Trinajstić information content (AvgIpc) is 2.00. The number of esters is 1. The van der Waals surface area contributed by atoms with Gasteiger partial charge in [0.1, 0.15) is 5.92 Å². The number of rotatable bonds is 3. The smallest absolute Gasteiger partial charge is 0.316 e. The normalized spacial score (nSPS) is 13.6. The van der Waals surface area contributed by atoms with Crippen molar-refractivity contribution in [2.24, 2.45) is 11.3 Å². The minimum Gasteiger partial charge on any atom is -0.465 e. The van der Waals surface area contributed by atoms with Gasteiger partial charge < -0.3 is 4.74 Å². The van der Waals surface area contributed by atoms with Crippen LogP contribution in [0.2, 0.25) is 0 Å². The largest absolute Gasteiger partial charge is 0.465 e. The average molecular weight is 186 g/mol. The second-order valence-corrected chi connectivity index (χ2v) is 4.09. The third-order valence-corrected chi connectivity index (χ3v) is 1.77. The van der Waals surface area contributed by atoms with Gasteiger partial charge in [-0.15, -0.1) is 0 Å². The van der Waals surface area contributed by atoms with Crippen molar-refractivity contribution >= 4 is 11.8 Å². The molecule has 0 aliphatic rings. The summed E-state index contributed by atoms with van der Waals surface area (Å²) in [6, 6.07) is 0. The summed E-state index contributed by atoms with van der Waals surface area (Å²) in [7, 11) is 0. The Morgan fingerprint density at radius 3 is 2.08 bits per heavy atom. The predicted octanol–water partition coefficient (Wildman–Crippen LogP) is 1.80. The van der Waals surface area contributed by atoms with Crippen molar-refractivity contribution in [3.05, 3.63) is 0 Å². The molecule has 0 saturated carbocycles. The number of carbonyl (C=O) groups excluding carboxylic acids is 2. The van der Waals surface area contributed by atoms with E-state index in [0.29, 0.717) is 6.61 Å². The molecule has 0 N–H and O–H groups in total. The van der Waals surface area contributed by atoms with Crippen LogP contribution < -0.4 is 0 Å². The first-order chi connectivity index (χ1) is 5.80. The Morgan fingerprint density at radius 1 is 1.31 bits per heavy atom. The SMILES string of the molecule is CCOC(=O)C(C)C(=O)C(C)(C)C. The van der Waals surface area contributed by atoms with Gasteiger partial charge in [0.25, 0.3) is 0 Å². The van der Waals surface area contributed by atoms with Crippen LogP contribution in [0.4, 0.5) is 0 Å². The van der Waals surface area contributed by atoms with Crippen molar-refractivity contribution in [2.45, 2.75) is 34.6 Å². The quantitative estimate of drug-likeness (QED) is 0.498. The van der Waals surface area contributed by atoms with E-state index in [1.165, 1.54) is 0 Å². The molecule has 13 heavy (non-hydrogen) atoms. The number of hydrogen-bond donors (Lipinski definition) is 0. The van der Waals surface area contributed by atoms with Gasteiger partial charge in [-0.05, 0) is 13.8 Å². The summed E-state index contributed by atoms with van der Waals surface area (Å²) in [5.41, 5.74) is -0.480. The van der Waals surface area contributed by atoms with Crippen molar-refractivity contribution in [1.82, 2.24) is 0 Å². The van der Waals surface area contributed by atoms with Crippen LogP contribution in [0.1, 0.15) is 34.6 Å². The number of ether oxygens (including phenoxy) is 1. The number of Topliss-reactive ketones (excluding diaryl/α,β-unsaturated/α-hetero) is 1. The van der Waals surface area contributed by atoms with Gasteiger partial charge in [0, 0.05) is 5.41 Å². The van der Waals surface area contributed by atoms with Crippen molar-refractivity contribution < 1.29 is 14.3 Å². The van der Waals surface area contributed by atoms with Crippen LogP contribution in [0, 0.1) is 11.3 Å². The van der Waals surface area contributed by atoms with Crippen molar-refractivity contribution in [3.63, 3.8) is 0 Å². The lowest BCUT2D eigenvalue weighted by Crippen LogP contribution is -2.32. The zero-order valence-electron chi connectivity index (χ0n) is 9.01. The van der Waals surface area contributed by atoms with E-state index in [9.17, 15) is 9.59 Å². The molecule has 0 rings (SSSR count). The van der Waals surface area contributed by atoms with Gasteiger partial charge in [-0.25, -0.2) is 0 Å². The fourth-order valence-corrected chi connectivity index (χ4v) is 1.02. The maximum Gasteiger partial charge on any atom is 0.316 e. The molecule has 3 heteroatoms. The van der Waals surface area contributed by atoms with Crippen LogP contribution >= 0.6 is 0 Å². The molecule has 76 valence electrons. The molecular formula is C10H18O3. The lowest BCUT2D eigenvalue weighted by Gasteiger charge is -2.20. The molecule has 0 fully saturated rings. The van der Waals surface area contributed by atoms with Gasteiger partial charge in [-0.2, -0.15) is 0 Å². The molecule has 0 aliphatic heterocycles. The summed E-state index contributed by atoms with van der Waals surface area (Å²) < 4.78 is 4.76. The first-order valence-corrected chi connectivity index (χ1v) is 4.51. The first-order valence-electron chi connectivity index (χ1n) is 4.51. The van der Waals surface area contributed by atoms with Gasteiger partial charge in [0.05, 0.1) is 6.61 Å². The highest BCUT2D eigenvalue weighted by atomic mass is 16.5. The lowest BCUT2D eigenvalue weighted by molar-refractivity contribution is -0.152. The standard InChI is InChI=1S/C10H18O3/c1-6-13-9(12)7(2)8(11)10(3,4)5/h7H,6H2,1-5H3. The summed E-state index contributed by atoms with van der Waals surface area (Å²) in [4.78, 5) is 22.8. The van der Waals surface area contributed by atoms with E-state index in [2.05, 4.69) is 0 Å². The Kier molecular flexibility index (Phi) is 4.11. The second-order valence-electron chi connectivity index (χ2n) is 4.09. The molecule has 0 spiro atoms. The van der Waals surface area contributed by atoms with E-state index < -0.39 is 17.3 Å². The van der Waals surface area contributed by atoms with Gasteiger partial charge in [-0.1, -0.05) is 20.8 Å². The topological polar surface area (TPSA) is 43.4 Å². The van der Waals surface area contributed by atoms with Gasteiger partial charge >= 0.3 is 5.97 Å². The zero-order chi connectivity index (χ0) is 10.6. The summed E-state index contributed by atoms with van der Waals surface area (Å²) in [6.45, 7) is 9.03. The number of hydrogen-bond acceptors (Lipinski definition) is 3. The highest BCUT2D eigenvalue weighted by Crippen LogP contribution is 2.20. The van der Waals surface area contributed by atoms with Gasteiger partial charge in [0.15, 0.2) is 5.78 Å². The summed E-state index contributed by atoms with van der Waals surface area (Å²) in [5, 5.41) is 0. The summed E-state index contributed by atoms with van der Waals surface area (Å²) in [6.07, 6.45) is 0. The molecule has 0 heterocycles. The summed E-state index contributed by atoms with van der Waals surface area (Å²) >= 11 is 0. The predicted molar refractivity (Wildman–Crippen MR) is 50.3 cm³/mol. The van der Waals surface area contributed by atoms with E-state index in [1.54, 1.807) is 34.6 Å². The Labute approximate surface area is 79.5 Å². The molecule has 0 saturated heterocycles. The highest BCUT2D eigenvalue weighted by molar-refractivity contribution is 6.01. The van der Waals surface area contributed by atoms with Crippen LogP contribution in [0.25, 0.3) is 0 Å². The molecule has 3 nitrogen and oxygen atoms in total. The third-order valence-electron chi connectivity index (χ3n) is 1.77. The lowest BCUT2D eigenvalue weighted by atomic mass is 9.84. The minimum absolute atomic E-state index is 0.0778. The highest BCUT2D eigenvalue weighted by Gasteiger charge is 2.31. The minimum atomic E-state index is -0.653. The maximum absolute atomic E-state index is 11.6. The van der Waals surface area contributed by atoms with Crippen LogP contribution in [0.15, 0.2) is 0 Å². The molecule has 0 radical (unpaired) electrons. The molecular weight excluding hydrogens is 168 g/mol. The van der Waals surface area contributed by atoms with Crippen molar-refractivity contribution in [1.29, 1.82) is 0 Å². The first kappa shape index (κ1) is 12.1. The van der Waals surface area contributed by atoms with E-state index in [0.717, 1.165) is 0 Å². The summed E-state index contributed by atoms with van der Waals surface area (Å²) in [5.74, 6) is -1.16. The molecule has 0 aromatic carbocycles. The van der Waals surface area contributed by atoms with E-state index in [-0.39, 0.29) is 5.78 Å². The Bertz CT molecular complexity index is 201. The monoisotopic (exact) mass is 186 g/mol. The Hall–Kier alpha value is -0.860. The van der Waals surface area contributed by atoms with Crippen LogP contribution in [0.3, 0.4) is 0 Å². The van der Waals surface area contributed by atoms with Crippen LogP contribution in [0.5, 0.6) is 0 Å². The Balaban J connectivity index is 4.35. The third kappa shape index (κ3) is 3.57. The van der Waals surface area contributed by atoms with Gasteiger partial charge in [-0.3, -0.25) is 9.59 Å². The van der Waals surface area contributed by atoms with E-state index >= 15 is 0 Å². The van der Waals surface area contributed by atoms with Gasteiger partial charge in [0.2, 0.25) is 0 Å². The number of carbonyl (C=O) groups is 2. The zero-order valence-corrected chi connectivity index (χ0v) is 9.01. The Morgan fingerprint density at radius 2 is 1.77 bits per heavy atom. The van der Waals surface area contributed by atoms with Crippen LogP contribution in [-0.2, 0) is 14.3 Å². The molecule has 1 unspecified atom stereocenters. The maximum atomic E-state index is 11.6. The molecule has 0 aliphatic carbocycles. The molecule has 0 aromatic heterocycles. The molecule has 1 atom stereocenters. The van der Waals surface area contributed by atoms with Crippen molar-refractivity contribution in [3.8, 4) is 0 Å². The fourth-order valence-electron chi connectivity index (χ4n) is 1.02. The number of ketones is 1. The molecule has 0 aromatic rings. The van der Waals surface area contributed by atoms with Crippen molar-refractivity contribution in [2.75, 3.05) is 6.61 Å². The molecule has 0 bridgehead atoms.